The molecule has 0 aromatic carbocycles. The Balaban J connectivity index is 1.99. The van der Waals surface area contributed by atoms with Crippen molar-refractivity contribution in [2.24, 2.45) is 11.8 Å². The zero-order valence-corrected chi connectivity index (χ0v) is 9.82. The number of anilines is 1. The molecule has 0 spiro atoms. The molecule has 16 heavy (non-hydrogen) atoms. The molecule has 1 heterocycles. The van der Waals surface area contributed by atoms with Crippen LogP contribution in [0.1, 0.15) is 25.3 Å². The highest BCUT2D eigenvalue weighted by atomic mass is 15.3. The van der Waals surface area contributed by atoms with Gasteiger partial charge in [0.25, 0.3) is 0 Å². The lowest BCUT2D eigenvalue weighted by molar-refractivity contribution is 0.268. The van der Waals surface area contributed by atoms with E-state index in [0.717, 1.165) is 24.8 Å². The smallest absolute Gasteiger partial charge is 0.144 e. The molecule has 0 atom stereocenters. The maximum Gasteiger partial charge on any atom is 0.144 e. The molecule has 0 unspecified atom stereocenters. The largest absolute Gasteiger partial charge is 0.308 e. The van der Waals surface area contributed by atoms with E-state index >= 15 is 0 Å². The van der Waals surface area contributed by atoms with Crippen molar-refractivity contribution in [3.63, 3.8) is 0 Å². The summed E-state index contributed by atoms with van der Waals surface area (Å²) in [6, 6.07) is 4.04. The van der Waals surface area contributed by atoms with E-state index in [1.165, 1.54) is 24.9 Å². The van der Waals surface area contributed by atoms with Crippen molar-refractivity contribution in [3.05, 3.63) is 23.9 Å². The lowest BCUT2D eigenvalue weighted by Gasteiger charge is -2.21. The molecule has 1 aliphatic rings. The van der Waals surface area contributed by atoms with Crippen molar-refractivity contribution in [2.45, 2.75) is 26.3 Å². The summed E-state index contributed by atoms with van der Waals surface area (Å²) in [5, 5.41) is 0. The molecular formula is C12H20N4. The first-order valence-electron chi connectivity index (χ1n) is 5.96. The second-order valence-electron chi connectivity index (χ2n) is 4.43. The highest BCUT2D eigenvalue weighted by Gasteiger charge is 2.23. The van der Waals surface area contributed by atoms with Gasteiger partial charge in [0.2, 0.25) is 0 Å². The average molecular weight is 220 g/mol. The number of hydrogen-bond acceptors (Lipinski definition) is 4. The van der Waals surface area contributed by atoms with Gasteiger partial charge in [-0.25, -0.2) is 10.8 Å². The summed E-state index contributed by atoms with van der Waals surface area (Å²) in [6.45, 7) is 5.42. The molecule has 0 radical (unpaired) electrons. The maximum atomic E-state index is 5.45. The average Bonchev–Trinajstić information content (AvgIpc) is 3.13. The molecule has 2 rings (SSSR count). The molecule has 4 heteroatoms. The zero-order chi connectivity index (χ0) is 11.4. The second kappa shape index (κ2) is 5.27. The Morgan fingerprint density at radius 1 is 1.56 bits per heavy atom. The van der Waals surface area contributed by atoms with Gasteiger partial charge in [0.05, 0.1) is 0 Å². The number of hydrogen-bond donors (Lipinski definition) is 2. The van der Waals surface area contributed by atoms with Crippen molar-refractivity contribution in [3.8, 4) is 0 Å². The van der Waals surface area contributed by atoms with Crippen LogP contribution in [-0.2, 0) is 6.54 Å². The number of aromatic nitrogens is 1. The molecule has 4 nitrogen and oxygen atoms in total. The maximum absolute atomic E-state index is 5.45. The van der Waals surface area contributed by atoms with E-state index in [1.807, 2.05) is 6.07 Å². The summed E-state index contributed by atoms with van der Waals surface area (Å²) in [5.74, 6) is 7.16. The van der Waals surface area contributed by atoms with Crippen LogP contribution in [0.2, 0.25) is 0 Å². The third kappa shape index (κ3) is 2.93. The van der Waals surface area contributed by atoms with Gasteiger partial charge in [-0.15, -0.1) is 0 Å². The molecule has 0 aliphatic heterocycles. The number of nitrogens with two attached hydrogens (primary N) is 1. The van der Waals surface area contributed by atoms with E-state index in [9.17, 15) is 0 Å². The van der Waals surface area contributed by atoms with Gasteiger partial charge >= 0.3 is 0 Å². The molecule has 0 amide bonds. The van der Waals surface area contributed by atoms with Crippen LogP contribution >= 0.6 is 0 Å². The number of nitrogen functional groups attached to an aromatic ring is 1. The second-order valence-corrected chi connectivity index (χ2v) is 4.43. The van der Waals surface area contributed by atoms with Crippen molar-refractivity contribution in [1.82, 2.24) is 9.88 Å². The SMILES string of the molecule is CCN(Cc1cccnc1NN)CC1CC1. The third-order valence-electron chi connectivity index (χ3n) is 3.08. The van der Waals surface area contributed by atoms with Gasteiger partial charge in [-0.2, -0.15) is 0 Å². The van der Waals surface area contributed by atoms with Gasteiger partial charge in [0, 0.05) is 24.8 Å². The van der Waals surface area contributed by atoms with E-state index < -0.39 is 0 Å². The van der Waals surface area contributed by atoms with Crippen molar-refractivity contribution in [1.29, 1.82) is 0 Å². The van der Waals surface area contributed by atoms with Crippen LogP contribution in [0.3, 0.4) is 0 Å². The van der Waals surface area contributed by atoms with Crippen LogP contribution in [0.4, 0.5) is 5.82 Å². The first-order chi connectivity index (χ1) is 7.83. The Kier molecular flexibility index (Phi) is 3.74. The monoisotopic (exact) mass is 220 g/mol. The Labute approximate surface area is 96.8 Å². The van der Waals surface area contributed by atoms with Gasteiger partial charge < -0.3 is 5.43 Å². The fraction of sp³-hybridized carbons (Fsp3) is 0.583. The summed E-state index contributed by atoms with van der Waals surface area (Å²) in [6.07, 6.45) is 4.55. The topological polar surface area (TPSA) is 54.2 Å². The number of rotatable bonds is 6. The molecule has 0 saturated heterocycles. The molecular weight excluding hydrogens is 200 g/mol. The molecule has 88 valence electrons. The van der Waals surface area contributed by atoms with Crippen LogP contribution in [-0.4, -0.2) is 23.0 Å². The van der Waals surface area contributed by atoms with Crippen LogP contribution in [0, 0.1) is 5.92 Å². The number of nitrogens with one attached hydrogen (secondary N) is 1. The first kappa shape index (κ1) is 11.4. The Morgan fingerprint density at radius 3 is 3.00 bits per heavy atom. The molecule has 1 fully saturated rings. The molecule has 1 saturated carbocycles. The van der Waals surface area contributed by atoms with Crippen LogP contribution < -0.4 is 11.3 Å². The standard InChI is InChI=1S/C12H20N4/c1-2-16(8-10-5-6-10)9-11-4-3-7-14-12(11)15-13/h3-4,7,10H,2,5-6,8-9,13H2,1H3,(H,14,15). The predicted molar refractivity (Wildman–Crippen MR) is 65.7 cm³/mol. The van der Waals surface area contributed by atoms with Crippen LogP contribution in [0.25, 0.3) is 0 Å². The summed E-state index contributed by atoms with van der Waals surface area (Å²) >= 11 is 0. The third-order valence-corrected chi connectivity index (χ3v) is 3.08. The lowest BCUT2D eigenvalue weighted by atomic mass is 10.2. The minimum absolute atomic E-state index is 0.789. The van der Waals surface area contributed by atoms with Crippen molar-refractivity contribution < 1.29 is 0 Å². The number of hydrazine groups is 1. The lowest BCUT2D eigenvalue weighted by Crippen LogP contribution is -2.26. The van der Waals surface area contributed by atoms with Gasteiger partial charge in [0.1, 0.15) is 5.82 Å². The van der Waals surface area contributed by atoms with Gasteiger partial charge in [0.15, 0.2) is 0 Å². The van der Waals surface area contributed by atoms with Crippen molar-refractivity contribution >= 4 is 5.82 Å². The molecule has 1 aromatic rings. The Hall–Kier alpha value is -1.13. The summed E-state index contributed by atoms with van der Waals surface area (Å²) in [7, 11) is 0. The molecule has 1 aromatic heterocycles. The number of nitrogens with zero attached hydrogens (tertiary/aromatic N) is 2. The van der Waals surface area contributed by atoms with E-state index in [2.05, 4.69) is 28.3 Å². The van der Waals surface area contributed by atoms with Gasteiger partial charge in [-0.1, -0.05) is 13.0 Å². The van der Waals surface area contributed by atoms with E-state index in [-0.39, 0.29) is 0 Å². The fourth-order valence-corrected chi connectivity index (χ4v) is 1.91. The summed E-state index contributed by atoms with van der Waals surface area (Å²) in [4.78, 5) is 6.67. The zero-order valence-electron chi connectivity index (χ0n) is 9.82. The normalized spacial score (nSPS) is 15.4. The molecule has 1 aliphatic carbocycles. The Bertz CT molecular complexity index is 336. The highest BCUT2D eigenvalue weighted by molar-refractivity contribution is 5.42. The van der Waals surface area contributed by atoms with Crippen molar-refractivity contribution in [2.75, 3.05) is 18.5 Å². The molecule has 0 bridgehead atoms. The number of pyridine rings is 1. The minimum Gasteiger partial charge on any atom is -0.308 e. The Morgan fingerprint density at radius 2 is 2.38 bits per heavy atom. The van der Waals surface area contributed by atoms with E-state index in [4.69, 9.17) is 5.84 Å². The summed E-state index contributed by atoms with van der Waals surface area (Å²) < 4.78 is 0. The highest BCUT2D eigenvalue weighted by Crippen LogP contribution is 2.30. The molecule has 3 N–H and O–H groups in total. The summed E-state index contributed by atoms with van der Waals surface area (Å²) in [5.41, 5.74) is 3.83. The van der Waals surface area contributed by atoms with E-state index in [0.29, 0.717) is 0 Å². The fourth-order valence-electron chi connectivity index (χ4n) is 1.91. The van der Waals surface area contributed by atoms with Gasteiger partial charge in [-0.3, -0.25) is 4.90 Å². The quantitative estimate of drug-likeness (QED) is 0.565. The van der Waals surface area contributed by atoms with E-state index in [1.54, 1.807) is 6.20 Å². The predicted octanol–water partition coefficient (Wildman–Crippen LogP) is 1.60. The minimum atomic E-state index is 0.789. The van der Waals surface area contributed by atoms with Crippen LogP contribution in [0.5, 0.6) is 0 Å². The first-order valence-corrected chi connectivity index (χ1v) is 5.96. The van der Waals surface area contributed by atoms with Crippen LogP contribution in [0.15, 0.2) is 18.3 Å². The van der Waals surface area contributed by atoms with Gasteiger partial charge in [-0.05, 0) is 31.4 Å².